The van der Waals surface area contributed by atoms with E-state index < -0.39 is 16.9 Å². The predicted molar refractivity (Wildman–Crippen MR) is 137 cm³/mol. The van der Waals surface area contributed by atoms with Gasteiger partial charge in [0.2, 0.25) is 5.91 Å². The maximum atomic E-state index is 14.5. The van der Waals surface area contributed by atoms with Crippen molar-refractivity contribution in [3.63, 3.8) is 0 Å². The molecule has 0 saturated carbocycles. The number of anilines is 2. The molecule has 0 unspecified atom stereocenters. The topological polar surface area (TPSA) is 78.5 Å². The molecule has 2 fully saturated rings. The molecule has 7 rings (SSSR count). The largest absolute Gasteiger partial charge is 0.325 e. The normalized spacial score (nSPS) is 29.8. The van der Waals surface area contributed by atoms with E-state index in [9.17, 15) is 14.4 Å². The maximum absolute atomic E-state index is 14.5. The van der Waals surface area contributed by atoms with Crippen LogP contribution in [0.2, 0.25) is 0 Å². The Hall–Kier alpha value is -3.77. The Balaban J connectivity index is 1.59. The summed E-state index contributed by atoms with van der Waals surface area (Å²) in [5, 5.41) is 6.19. The summed E-state index contributed by atoms with van der Waals surface area (Å²) in [7, 11) is 0. The van der Waals surface area contributed by atoms with Crippen LogP contribution in [0.1, 0.15) is 45.5 Å². The molecular weight excluding hydrogens is 450 g/mol. The van der Waals surface area contributed by atoms with Gasteiger partial charge in [-0.1, -0.05) is 65.7 Å². The van der Waals surface area contributed by atoms with Gasteiger partial charge in [0.25, 0.3) is 5.91 Å². The Labute approximate surface area is 209 Å². The summed E-state index contributed by atoms with van der Waals surface area (Å²) < 4.78 is 0. The molecule has 4 aliphatic rings. The standard InChI is InChI=1S/C30H27N3O3/c1-17-9-12-19(13-10-17)26(34)25-24-8-5-15-33(24)30(21-16-18(2)11-14-23(21)32-28(30)36)29(25)20-6-3-4-7-22(20)31-27(29)35/h3-4,6-7,9-14,16,24-25H,5,8,15H2,1-2H3,(H,31,35)(H,32,36)/t24-,25-,29+,30-/m1/s1. The minimum Gasteiger partial charge on any atom is -0.325 e. The van der Waals surface area contributed by atoms with Gasteiger partial charge in [0.05, 0.1) is 5.92 Å². The second-order valence-corrected chi connectivity index (χ2v) is 10.6. The van der Waals surface area contributed by atoms with Gasteiger partial charge in [0.1, 0.15) is 11.0 Å². The van der Waals surface area contributed by atoms with Crippen molar-refractivity contribution in [3.05, 3.63) is 94.5 Å². The van der Waals surface area contributed by atoms with E-state index in [1.807, 2.05) is 80.6 Å². The number of carbonyl (C=O) groups is 3. The Morgan fingerprint density at radius 2 is 1.56 bits per heavy atom. The first-order chi connectivity index (χ1) is 17.4. The Bertz CT molecular complexity index is 1480. The van der Waals surface area contributed by atoms with E-state index in [4.69, 9.17) is 0 Å². The molecule has 180 valence electrons. The smallest absolute Gasteiger partial charge is 0.251 e. The van der Waals surface area contributed by atoms with Gasteiger partial charge < -0.3 is 10.6 Å². The predicted octanol–water partition coefficient (Wildman–Crippen LogP) is 4.32. The molecule has 2 spiro atoms. The number of hydrogen-bond donors (Lipinski definition) is 2. The maximum Gasteiger partial charge on any atom is 0.251 e. The van der Waals surface area contributed by atoms with Crippen LogP contribution in [0.3, 0.4) is 0 Å². The van der Waals surface area contributed by atoms with E-state index >= 15 is 0 Å². The molecule has 3 aromatic carbocycles. The Morgan fingerprint density at radius 3 is 2.36 bits per heavy atom. The Morgan fingerprint density at radius 1 is 0.861 bits per heavy atom. The highest BCUT2D eigenvalue weighted by molar-refractivity contribution is 6.21. The van der Waals surface area contributed by atoms with Crippen molar-refractivity contribution in [1.82, 2.24) is 4.90 Å². The number of nitrogens with zero attached hydrogens (tertiary/aromatic N) is 1. The number of nitrogens with one attached hydrogen (secondary N) is 2. The molecule has 0 bridgehead atoms. The van der Waals surface area contributed by atoms with E-state index in [2.05, 4.69) is 15.5 Å². The van der Waals surface area contributed by atoms with Crippen LogP contribution in [0.15, 0.2) is 66.7 Å². The van der Waals surface area contributed by atoms with Crippen molar-refractivity contribution in [2.75, 3.05) is 17.2 Å². The van der Waals surface area contributed by atoms with Gasteiger partial charge >= 0.3 is 0 Å². The number of benzene rings is 3. The first kappa shape index (κ1) is 21.5. The zero-order valence-electron chi connectivity index (χ0n) is 20.3. The molecule has 2 N–H and O–H groups in total. The molecule has 4 aliphatic heterocycles. The average Bonchev–Trinajstić information content (AvgIpc) is 3.58. The molecule has 0 aromatic heterocycles. The van der Waals surface area contributed by atoms with E-state index in [1.54, 1.807) is 0 Å². The monoisotopic (exact) mass is 477 g/mol. The summed E-state index contributed by atoms with van der Waals surface area (Å²) in [5.74, 6) is -1.28. The number of carbonyl (C=O) groups excluding carboxylic acids is 3. The van der Waals surface area contributed by atoms with Crippen molar-refractivity contribution in [2.45, 2.75) is 43.7 Å². The van der Waals surface area contributed by atoms with Gasteiger partial charge in [-0.25, -0.2) is 0 Å². The van der Waals surface area contributed by atoms with E-state index in [0.717, 1.165) is 40.8 Å². The lowest BCUT2D eigenvalue weighted by molar-refractivity contribution is -0.137. The third-order valence-corrected chi connectivity index (χ3v) is 8.87. The zero-order chi connectivity index (χ0) is 24.8. The minimum atomic E-state index is -1.39. The molecule has 2 saturated heterocycles. The lowest BCUT2D eigenvalue weighted by Crippen LogP contribution is -2.62. The summed E-state index contributed by atoms with van der Waals surface area (Å²) in [4.78, 5) is 45.4. The van der Waals surface area contributed by atoms with Gasteiger partial charge in [-0.05, 0) is 50.9 Å². The lowest BCUT2D eigenvalue weighted by atomic mass is 9.57. The number of Topliss-reactive ketones (excluding diaryl/α,β-unsaturated/α-hetero) is 1. The summed E-state index contributed by atoms with van der Waals surface area (Å²) in [6.07, 6.45) is 1.63. The molecule has 6 heteroatoms. The fraction of sp³-hybridized carbons (Fsp3) is 0.300. The van der Waals surface area contributed by atoms with Crippen molar-refractivity contribution < 1.29 is 14.4 Å². The van der Waals surface area contributed by atoms with E-state index in [0.29, 0.717) is 17.8 Å². The molecule has 0 aliphatic carbocycles. The molecular formula is C30H27N3O3. The number of amides is 2. The van der Waals surface area contributed by atoms with E-state index in [-0.39, 0.29) is 23.6 Å². The summed E-state index contributed by atoms with van der Waals surface area (Å²) in [6.45, 7) is 4.64. The second-order valence-electron chi connectivity index (χ2n) is 10.6. The summed E-state index contributed by atoms with van der Waals surface area (Å²) in [6, 6.07) is 20.8. The highest BCUT2D eigenvalue weighted by Crippen LogP contribution is 2.67. The lowest BCUT2D eigenvalue weighted by Gasteiger charge is -2.43. The van der Waals surface area contributed by atoms with Crippen LogP contribution in [0, 0.1) is 19.8 Å². The minimum absolute atomic E-state index is 0.0791. The number of aryl methyl sites for hydroxylation is 2. The average molecular weight is 478 g/mol. The highest BCUT2D eigenvalue weighted by Gasteiger charge is 2.81. The molecule has 4 atom stereocenters. The molecule has 36 heavy (non-hydrogen) atoms. The van der Waals surface area contributed by atoms with E-state index in [1.165, 1.54) is 0 Å². The first-order valence-corrected chi connectivity index (χ1v) is 12.6. The number of para-hydroxylation sites is 1. The van der Waals surface area contributed by atoms with Gasteiger partial charge in [0.15, 0.2) is 5.78 Å². The number of fused-ring (bicyclic) bond motifs is 7. The third-order valence-electron chi connectivity index (χ3n) is 8.87. The molecule has 4 heterocycles. The van der Waals surface area contributed by atoms with Crippen LogP contribution in [0.4, 0.5) is 11.4 Å². The quantitative estimate of drug-likeness (QED) is 0.539. The van der Waals surface area contributed by atoms with Gasteiger partial charge in [-0.2, -0.15) is 0 Å². The molecule has 6 nitrogen and oxygen atoms in total. The molecule has 0 radical (unpaired) electrons. The highest BCUT2D eigenvalue weighted by atomic mass is 16.2. The van der Waals surface area contributed by atoms with Crippen LogP contribution in [-0.2, 0) is 20.5 Å². The van der Waals surface area contributed by atoms with Crippen LogP contribution in [0.5, 0.6) is 0 Å². The summed E-state index contributed by atoms with van der Waals surface area (Å²) >= 11 is 0. The third kappa shape index (κ3) is 2.33. The molecule has 3 aromatic rings. The molecule has 2 amide bonds. The second kappa shape index (κ2) is 7.14. The summed E-state index contributed by atoms with van der Waals surface area (Å²) in [5.41, 5.74) is 2.89. The SMILES string of the molecule is Cc1ccc(C(=O)[C@H]2[C@H]3CCCN3[C@]3(C(=O)Nc4ccc(C)cc43)[C@]23C(=O)Nc2ccccc23)cc1. The van der Waals surface area contributed by atoms with Crippen molar-refractivity contribution >= 4 is 29.0 Å². The first-order valence-electron chi connectivity index (χ1n) is 12.6. The zero-order valence-corrected chi connectivity index (χ0v) is 20.3. The number of ketones is 1. The van der Waals surface area contributed by atoms with Crippen molar-refractivity contribution in [1.29, 1.82) is 0 Å². The van der Waals surface area contributed by atoms with Crippen molar-refractivity contribution in [3.8, 4) is 0 Å². The van der Waals surface area contributed by atoms with Crippen LogP contribution < -0.4 is 10.6 Å². The number of hydrogen-bond acceptors (Lipinski definition) is 4. The van der Waals surface area contributed by atoms with Crippen LogP contribution in [0.25, 0.3) is 0 Å². The van der Waals surface area contributed by atoms with Crippen LogP contribution >= 0.6 is 0 Å². The number of rotatable bonds is 2. The van der Waals surface area contributed by atoms with Crippen LogP contribution in [-0.4, -0.2) is 35.1 Å². The van der Waals surface area contributed by atoms with Gasteiger partial charge in [-0.3, -0.25) is 19.3 Å². The van der Waals surface area contributed by atoms with Gasteiger partial charge in [0, 0.05) is 28.5 Å². The fourth-order valence-corrected chi connectivity index (χ4v) is 7.59. The van der Waals surface area contributed by atoms with Crippen molar-refractivity contribution in [2.24, 2.45) is 5.92 Å². The fourth-order valence-electron chi connectivity index (χ4n) is 7.59. The van der Waals surface area contributed by atoms with Gasteiger partial charge in [-0.15, -0.1) is 0 Å². The Kier molecular flexibility index (Phi) is 4.26.